The summed E-state index contributed by atoms with van der Waals surface area (Å²) in [6.07, 6.45) is 2.65. The van der Waals surface area contributed by atoms with Crippen molar-refractivity contribution < 1.29 is 14.7 Å². The molecule has 7 heteroatoms. The van der Waals surface area contributed by atoms with Gasteiger partial charge in [-0.3, -0.25) is 9.59 Å². The Morgan fingerprint density at radius 3 is 2.60 bits per heavy atom. The molecule has 5 atom stereocenters. The van der Waals surface area contributed by atoms with E-state index in [2.05, 4.69) is 16.0 Å². The fourth-order valence-electron chi connectivity index (χ4n) is 3.17. The first-order valence-corrected chi connectivity index (χ1v) is 7.33. The second-order valence-electron chi connectivity index (χ2n) is 6.18. The van der Waals surface area contributed by atoms with E-state index < -0.39 is 18.1 Å². The van der Waals surface area contributed by atoms with Gasteiger partial charge in [0.2, 0.25) is 11.8 Å². The Morgan fingerprint density at radius 2 is 2.15 bits per heavy atom. The summed E-state index contributed by atoms with van der Waals surface area (Å²) in [6, 6.07) is -0.282. The molecular formula is C13H22N4O3. The highest BCUT2D eigenvalue weighted by Crippen LogP contribution is 2.31. The molecule has 0 aromatic rings. The Morgan fingerprint density at radius 1 is 1.40 bits per heavy atom. The van der Waals surface area contributed by atoms with Gasteiger partial charge >= 0.3 is 0 Å². The van der Waals surface area contributed by atoms with E-state index in [4.69, 9.17) is 5.73 Å². The molecule has 1 saturated carbocycles. The third-order valence-electron chi connectivity index (χ3n) is 4.74. The summed E-state index contributed by atoms with van der Waals surface area (Å²) in [5.74, 6) is -0.471. The monoisotopic (exact) mass is 282 g/mol. The standard InChI is InChI=1S/C13H22N4O3/c14-12(19)11(18)7(4-6-2-1-3-6)17-13(20)10-9-8(16-9)5-15-10/h6-11,15-16,18H,1-5H2,(H2,14,19)(H,17,20)/t7?,8-,9-,10-,11?/m0/s1. The lowest BCUT2D eigenvalue weighted by Gasteiger charge is -2.32. The van der Waals surface area contributed by atoms with Crippen molar-refractivity contribution >= 4 is 11.8 Å². The van der Waals surface area contributed by atoms with E-state index in [-0.39, 0.29) is 18.0 Å². The molecule has 3 fully saturated rings. The number of hydrogen-bond donors (Lipinski definition) is 5. The third-order valence-corrected chi connectivity index (χ3v) is 4.74. The maximum absolute atomic E-state index is 12.2. The lowest BCUT2D eigenvalue weighted by Crippen LogP contribution is -2.55. The molecule has 3 rings (SSSR count). The van der Waals surface area contributed by atoms with Crippen molar-refractivity contribution in [2.45, 2.75) is 56.0 Å². The highest BCUT2D eigenvalue weighted by Gasteiger charge is 2.51. The summed E-state index contributed by atoms with van der Waals surface area (Å²) in [4.78, 5) is 23.4. The summed E-state index contributed by atoms with van der Waals surface area (Å²) < 4.78 is 0. The summed E-state index contributed by atoms with van der Waals surface area (Å²) in [6.45, 7) is 0.786. The van der Waals surface area contributed by atoms with Gasteiger partial charge in [0.1, 0.15) is 6.04 Å². The fraction of sp³-hybridized carbons (Fsp3) is 0.846. The summed E-state index contributed by atoms with van der Waals surface area (Å²) in [5.41, 5.74) is 5.17. The van der Waals surface area contributed by atoms with Crippen molar-refractivity contribution in [3.8, 4) is 0 Å². The van der Waals surface area contributed by atoms with E-state index in [9.17, 15) is 14.7 Å². The number of fused-ring (bicyclic) bond motifs is 1. The average molecular weight is 282 g/mol. The highest BCUT2D eigenvalue weighted by molar-refractivity contribution is 5.86. The van der Waals surface area contributed by atoms with Gasteiger partial charge in [-0.15, -0.1) is 0 Å². The zero-order chi connectivity index (χ0) is 14.3. The van der Waals surface area contributed by atoms with Gasteiger partial charge in [0, 0.05) is 18.6 Å². The Balaban J connectivity index is 1.59. The SMILES string of the molecule is NC(=O)C(O)C(CC1CCC1)NC(=O)[C@H]1NC[C@@H]2N[C@@H]21. The third kappa shape index (κ3) is 2.65. The van der Waals surface area contributed by atoms with Crippen molar-refractivity contribution in [2.24, 2.45) is 11.7 Å². The van der Waals surface area contributed by atoms with Crippen LogP contribution in [0.25, 0.3) is 0 Å². The van der Waals surface area contributed by atoms with Crippen LogP contribution in [0.5, 0.6) is 0 Å². The van der Waals surface area contributed by atoms with Gasteiger partial charge in [-0.25, -0.2) is 0 Å². The lowest BCUT2D eigenvalue weighted by atomic mass is 9.79. The molecule has 6 N–H and O–H groups in total. The van der Waals surface area contributed by atoms with Gasteiger partial charge in [0.25, 0.3) is 0 Å². The summed E-state index contributed by atoms with van der Waals surface area (Å²) >= 11 is 0. The van der Waals surface area contributed by atoms with Gasteiger partial charge in [-0.05, 0) is 12.3 Å². The second kappa shape index (κ2) is 5.31. The molecule has 2 unspecified atom stereocenters. The Hall–Kier alpha value is -1.18. The van der Waals surface area contributed by atoms with Crippen LogP contribution in [0.4, 0.5) is 0 Å². The van der Waals surface area contributed by atoms with Crippen molar-refractivity contribution in [1.29, 1.82) is 0 Å². The van der Waals surface area contributed by atoms with E-state index in [1.807, 2.05) is 0 Å². The first-order chi connectivity index (χ1) is 9.56. The number of carbonyl (C=O) groups is 2. The van der Waals surface area contributed by atoms with Crippen LogP contribution in [0.2, 0.25) is 0 Å². The van der Waals surface area contributed by atoms with Crippen LogP contribution in [-0.2, 0) is 9.59 Å². The van der Waals surface area contributed by atoms with Crippen LogP contribution in [-0.4, -0.2) is 53.7 Å². The first kappa shape index (κ1) is 13.8. The van der Waals surface area contributed by atoms with Crippen molar-refractivity contribution in [2.75, 3.05) is 6.54 Å². The number of hydrogen-bond acceptors (Lipinski definition) is 5. The van der Waals surface area contributed by atoms with Gasteiger partial charge in [0.05, 0.1) is 6.04 Å². The normalized spacial score (nSPS) is 34.8. The molecule has 0 bridgehead atoms. The molecule has 3 aliphatic rings. The molecule has 112 valence electrons. The molecular weight excluding hydrogens is 260 g/mol. The molecule has 1 aliphatic carbocycles. The molecule has 2 amide bonds. The van der Waals surface area contributed by atoms with Crippen LogP contribution in [0.1, 0.15) is 25.7 Å². The van der Waals surface area contributed by atoms with E-state index in [0.29, 0.717) is 18.4 Å². The largest absolute Gasteiger partial charge is 0.381 e. The van der Waals surface area contributed by atoms with Crippen molar-refractivity contribution in [3.05, 3.63) is 0 Å². The Kier molecular flexibility index (Phi) is 3.66. The number of nitrogens with two attached hydrogens (primary N) is 1. The Bertz CT molecular complexity index is 412. The fourth-order valence-corrected chi connectivity index (χ4v) is 3.17. The molecule has 2 aliphatic heterocycles. The predicted molar refractivity (Wildman–Crippen MR) is 71.6 cm³/mol. The number of primary amides is 1. The minimum absolute atomic E-state index is 0.160. The van der Waals surface area contributed by atoms with Crippen LogP contribution < -0.4 is 21.7 Å². The zero-order valence-electron chi connectivity index (χ0n) is 11.3. The molecule has 0 radical (unpaired) electrons. The molecule has 0 aromatic heterocycles. The Labute approximate surface area is 117 Å². The number of rotatable bonds is 6. The summed E-state index contributed by atoms with van der Waals surface area (Å²) in [5, 5.41) is 19.0. The predicted octanol–water partition coefficient (Wildman–Crippen LogP) is -2.18. The van der Waals surface area contributed by atoms with Crippen LogP contribution in [0.3, 0.4) is 0 Å². The van der Waals surface area contributed by atoms with Gasteiger partial charge in [-0.1, -0.05) is 19.3 Å². The van der Waals surface area contributed by atoms with Crippen molar-refractivity contribution in [1.82, 2.24) is 16.0 Å². The minimum atomic E-state index is -1.32. The number of aliphatic hydroxyl groups excluding tert-OH is 1. The van der Waals surface area contributed by atoms with Crippen LogP contribution in [0.15, 0.2) is 0 Å². The molecule has 2 saturated heterocycles. The van der Waals surface area contributed by atoms with Gasteiger partial charge in [0.15, 0.2) is 6.10 Å². The topological polar surface area (TPSA) is 126 Å². The number of piperazine rings is 1. The lowest BCUT2D eigenvalue weighted by molar-refractivity contribution is -0.130. The van der Waals surface area contributed by atoms with E-state index in [0.717, 1.165) is 19.4 Å². The number of carbonyl (C=O) groups excluding carboxylic acids is 2. The quantitative estimate of drug-likeness (QED) is 0.354. The molecule has 0 aromatic carbocycles. The number of aliphatic hydroxyl groups is 1. The van der Waals surface area contributed by atoms with Crippen LogP contribution in [0, 0.1) is 5.92 Å². The zero-order valence-corrected chi connectivity index (χ0v) is 11.3. The van der Waals surface area contributed by atoms with Crippen LogP contribution >= 0.6 is 0 Å². The highest BCUT2D eigenvalue weighted by atomic mass is 16.3. The smallest absolute Gasteiger partial charge is 0.248 e. The minimum Gasteiger partial charge on any atom is -0.381 e. The second-order valence-corrected chi connectivity index (χ2v) is 6.18. The molecule has 7 nitrogen and oxygen atoms in total. The number of amides is 2. The van der Waals surface area contributed by atoms with E-state index >= 15 is 0 Å². The van der Waals surface area contributed by atoms with Crippen molar-refractivity contribution in [3.63, 3.8) is 0 Å². The van der Waals surface area contributed by atoms with Gasteiger partial charge < -0.3 is 26.8 Å². The molecule has 20 heavy (non-hydrogen) atoms. The maximum atomic E-state index is 12.2. The van der Waals surface area contributed by atoms with Gasteiger partial charge in [-0.2, -0.15) is 0 Å². The molecule has 2 heterocycles. The van der Waals surface area contributed by atoms with E-state index in [1.54, 1.807) is 0 Å². The summed E-state index contributed by atoms with van der Waals surface area (Å²) in [7, 11) is 0. The number of nitrogens with one attached hydrogen (secondary N) is 3. The maximum Gasteiger partial charge on any atom is 0.248 e. The van der Waals surface area contributed by atoms with E-state index in [1.165, 1.54) is 6.42 Å². The first-order valence-electron chi connectivity index (χ1n) is 7.33. The molecule has 0 spiro atoms. The average Bonchev–Trinajstić information content (AvgIpc) is 3.01.